The lowest BCUT2D eigenvalue weighted by molar-refractivity contribution is -0.136. The summed E-state index contributed by atoms with van der Waals surface area (Å²) in [6.07, 6.45) is 1.79. The molecule has 14 heavy (non-hydrogen) atoms. The van der Waals surface area contributed by atoms with Gasteiger partial charge in [-0.15, -0.1) is 0 Å². The number of ether oxygens (including phenoxy) is 1. The summed E-state index contributed by atoms with van der Waals surface area (Å²) in [6, 6.07) is 0. The average Bonchev–Trinajstić information content (AvgIpc) is 2.17. The molecule has 0 radical (unpaired) electrons. The second kappa shape index (κ2) is 5.46. The highest BCUT2D eigenvalue weighted by Crippen LogP contribution is 2.16. The van der Waals surface area contributed by atoms with E-state index >= 15 is 0 Å². The van der Waals surface area contributed by atoms with Crippen LogP contribution >= 0.6 is 0 Å². The Kier molecular flexibility index (Phi) is 4.54. The van der Waals surface area contributed by atoms with Crippen LogP contribution in [-0.4, -0.2) is 39.0 Å². The summed E-state index contributed by atoms with van der Waals surface area (Å²) in [5.41, 5.74) is 0. The van der Waals surface area contributed by atoms with Gasteiger partial charge in [0.2, 0.25) is 0 Å². The van der Waals surface area contributed by atoms with Crippen molar-refractivity contribution in [3.8, 4) is 0 Å². The zero-order valence-corrected chi connectivity index (χ0v) is 9.09. The number of hydrogen-bond donors (Lipinski definition) is 1. The predicted molar refractivity (Wildman–Crippen MR) is 53.7 cm³/mol. The minimum absolute atomic E-state index is 0.0247. The molecule has 0 aromatic heterocycles. The van der Waals surface area contributed by atoms with E-state index in [1.165, 1.54) is 0 Å². The van der Waals surface area contributed by atoms with Gasteiger partial charge in [0, 0.05) is 22.7 Å². The summed E-state index contributed by atoms with van der Waals surface area (Å²) in [5.74, 6) is -0.887. The molecule has 3 unspecified atom stereocenters. The molecule has 0 spiro atoms. The molecular weight excluding hydrogens is 204 g/mol. The third kappa shape index (κ3) is 3.38. The summed E-state index contributed by atoms with van der Waals surface area (Å²) in [5, 5.41) is 8.31. The summed E-state index contributed by atoms with van der Waals surface area (Å²) in [4.78, 5) is 10.4. The van der Waals surface area contributed by atoms with Crippen molar-refractivity contribution >= 4 is 16.8 Å². The molecule has 0 aromatic rings. The van der Waals surface area contributed by atoms with Crippen LogP contribution < -0.4 is 0 Å². The Morgan fingerprint density at radius 3 is 2.93 bits per heavy atom. The van der Waals surface area contributed by atoms with Gasteiger partial charge in [0.05, 0.1) is 18.3 Å². The van der Waals surface area contributed by atoms with E-state index in [2.05, 4.69) is 0 Å². The van der Waals surface area contributed by atoms with E-state index in [0.29, 0.717) is 6.61 Å². The highest BCUT2D eigenvalue weighted by atomic mass is 32.2. The molecule has 0 aromatic carbocycles. The van der Waals surface area contributed by atoms with Gasteiger partial charge >= 0.3 is 5.97 Å². The van der Waals surface area contributed by atoms with Gasteiger partial charge in [0.25, 0.3) is 0 Å². The fraction of sp³-hybridized carbons (Fsp3) is 0.889. The molecule has 82 valence electrons. The fourth-order valence-electron chi connectivity index (χ4n) is 1.55. The molecule has 4 nitrogen and oxygen atoms in total. The van der Waals surface area contributed by atoms with Crippen molar-refractivity contribution in [2.45, 2.75) is 36.7 Å². The quantitative estimate of drug-likeness (QED) is 0.760. The summed E-state index contributed by atoms with van der Waals surface area (Å²) < 4.78 is 17.0. The van der Waals surface area contributed by atoms with Gasteiger partial charge in [-0.1, -0.05) is 6.92 Å². The van der Waals surface area contributed by atoms with Crippen LogP contribution in [0.25, 0.3) is 0 Å². The first-order chi connectivity index (χ1) is 6.61. The minimum atomic E-state index is -1.08. The van der Waals surface area contributed by atoms with Crippen LogP contribution in [0.3, 0.4) is 0 Å². The van der Waals surface area contributed by atoms with Gasteiger partial charge in [0.1, 0.15) is 0 Å². The number of carboxylic acid groups (broad SMARTS) is 1. The third-order valence-corrected chi connectivity index (χ3v) is 4.29. The van der Waals surface area contributed by atoms with Crippen molar-refractivity contribution < 1.29 is 18.8 Å². The highest BCUT2D eigenvalue weighted by molar-refractivity contribution is 7.86. The topological polar surface area (TPSA) is 63.6 Å². The van der Waals surface area contributed by atoms with E-state index in [1.54, 1.807) is 6.92 Å². The predicted octanol–water partition coefficient (Wildman–Crippen LogP) is 0.777. The first-order valence-electron chi connectivity index (χ1n) is 4.80. The highest BCUT2D eigenvalue weighted by Gasteiger charge is 2.25. The van der Waals surface area contributed by atoms with Crippen LogP contribution in [0, 0.1) is 0 Å². The lowest BCUT2D eigenvalue weighted by atomic mass is 10.2. The second-order valence-corrected chi connectivity index (χ2v) is 5.70. The molecule has 0 amide bonds. The zero-order valence-electron chi connectivity index (χ0n) is 8.27. The molecule has 3 atom stereocenters. The zero-order chi connectivity index (χ0) is 10.6. The van der Waals surface area contributed by atoms with E-state index in [-0.39, 0.29) is 16.9 Å². The van der Waals surface area contributed by atoms with Crippen LogP contribution in [-0.2, 0) is 20.3 Å². The smallest absolute Gasteiger partial charge is 0.304 e. The Morgan fingerprint density at radius 2 is 2.43 bits per heavy atom. The van der Waals surface area contributed by atoms with E-state index in [4.69, 9.17) is 9.84 Å². The maximum Gasteiger partial charge on any atom is 0.304 e. The molecular formula is C9H16O4S. The third-order valence-electron chi connectivity index (χ3n) is 2.31. The Labute approximate surface area is 86.1 Å². The van der Waals surface area contributed by atoms with E-state index in [0.717, 1.165) is 19.4 Å². The van der Waals surface area contributed by atoms with Crippen LogP contribution in [0.5, 0.6) is 0 Å². The normalized spacial score (nSPS) is 26.8. The summed E-state index contributed by atoms with van der Waals surface area (Å²) in [6.45, 7) is 2.97. The maximum absolute atomic E-state index is 11.8. The minimum Gasteiger partial charge on any atom is -0.481 e. The molecule has 0 saturated carbocycles. The van der Waals surface area contributed by atoms with Crippen molar-refractivity contribution in [3.63, 3.8) is 0 Å². The van der Waals surface area contributed by atoms with Gasteiger partial charge in [-0.2, -0.15) is 0 Å². The van der Waals surface area contributed by atoms with Gasteiger partial charge in [-0.25, -0.2) is 0 Å². The molecule has 1 saturated heterocycles. The van der Waals surface area contributed by atoms with Crippen LogP contribution in [0.15, 0.2) is 0 Å². The fourth-order valence-corrected chi connectivity index (χ4v) is 3.14. The number of carbonyl (C=O) groups is 1. The van der Waals surface area contributed by atoms with Crippen LogP contribution in [0.1, 0.15) is 26.2 Å². The summed E-state index contributed by atoms with van der Waals surface area (Å²) in [7, 11) is -1.08. The average molecular weight is 220 g/mol. The molecule has 1 heterocycles. The summed E-state index contributed by atoms with van der Waals surface area (Å²) >= 11 is 0. The Hall–Kier alpha value is -0.420. The molecule has 5 heteroatoms. The molecule has 1 rings (SSSR count). The molecule has 0 bridgehead atoms. The maximum atomic E-state index is 11.8. The first-order valence-corrected chi connectivity index (χ1v) is 6.07. The van der Waals surface area contributed by atoms with E-state index in [1.807, 2.05) is 0 Å². The molecule has 1 aliphatic rings. The largest absolute Gasteiger partial charge is 0.481 e. The molecule has 1 aliphatic heterocycles. The van der Waals surface area contributed by atoms with Gasteiger partial charge in [-0.3, -0.25) is 9.00 Å². The molecule has 1 fully saturated rings. The van der Waals surface area contributed by atoms with Crippen LogP contribution in [0.4, 0.5) is 0 Å². The number of carboxylic acids is 1. The van der Waals surface area contributed by atoms with Crippen molar-refractivity contribution in [1.82, 2.24) is 0 Å². The van der Waals surface area contributed by atoms with Gasteiger partial charge < -0.3 is 9.84 Å². The van der Waals surface area contributed by atoms with Crippen molar-refractivity contribution in [3.05, 3.63) is 0 Å². The lowest BCUT2D eigenvalue weighted by Gasteiger charge is -2.23. The van der Waals surface area contributed by atoms with Crippen molar-refractivity contribution in [2.75, 3.05) is 13.2 Å². The van der Waals surface area contributed by atoms with Crippen molar-refractivity contribution in [2.24, 2.45) is 0 Å². The second-order valence-electron chi connectivity index (χ2n) is 3.58. The van der Waals surface area contributed by atoms with Crippen LogP contribution in [0.2, 0.25) is 0 Å². The number of rotatable bonds is 4. The van der Waals surface area contributed by atoms with E-state index < -0.39 is 16.8 Å². The lowest BCUT2D eigenvalue weighted by Crippen LogP contribution is -2.32. The Morgan fingerprint density at radius 1 is 1.71 bits per heavy atom. The Bertz CT molecular complexity index is 223. The molecule has 1 N–H and O–H groups in total. The number of aliphatic carboxylic acids is 1. The van der Waals surface area contributed by atoms with Crippen molar-refractivity contribution in [1.29, 1.82) is 0 Å². The monoisotopic (exact) mass is 220 g/mol. The standard InChI is InChI=1S/C9H16O4S/c1-7(5-9(10)11)14(12)8-3-2-4-13-6-8/h7-8H,2-6H2,1H3,(H,10,11). The SMILES string of the molecule is CC(CC(=O)O)S(=O)C1CCCOC1. The van der Waals surface area contributed by atoms with Gasteiger partial charge in [-0.05, 0) is 12.8 Å². The molecule has 0 aliphatic carbocycles. The Balaban J connectivity index is 2.42. The van der Waals surface area contributed by atoms with E-state index in [9.17, 15) is 9.00 Å². The first kappa shape index (κ1) is 11.7. The number of hydrogen-bond acceptors (Lipinski definition) is 3. The van der Waals surface area contributed by atoms with Gasteiger partial charge in [0.15, 0.2) is 0 Å².